The summed E-state index contributed by atoms with van der Waals surface area (Å²) in [4.78, 5) is 4.14. The van der Waals surface area contributed by atoms with Gasteiger partial charge in [0.05, 0.1) is 0 Å². The van der Waals surface area contributed by atoms with E-state index < -0.39 is 0 Å². The van der Waals surface area contributed by atoms with Gasteiger partial charge in [0.1, 0.15) is 0 Å². The molecular weight excluding hydrogens is 282 g/mol. The Morgan fingerprint density at radius 3 is 2.82 bits per heavy atom. The summed E-state index contributed by atoms with van der Waals surface area (Å²) in [6.45, 7) is 2.81. The molecule has 0 radical (unpaired) electrons. The van der Waals surface area contributed by atoms with Crippen LogP contribution in [-0.4, -0.2) is 29.3 Å². The number of aliphatic hydroxyl groups is 1. The van der Waals surface area contributed by atoms with E-state index in [1.807, 2.05) is 12.3 Å². The molecule has 1 rings (SSSR count). The van der Waals surface area contributed by atoms with Gasteiger partial charge in [0, 0.05) is 42.1 Å². The van der Waals surface area contributed by atoms with Crippen molar-refractivity contribution in [3.05, 3.63) is 28.5 Å². The van der Waals surface area contributed by atoms with Crippen LogP contribution in [0, 0.1) is 0 Å². The number of pyridine rings is 1. The number of aliphatic hydroxyl groups excluding tert-OH is 1. The van der Waals surface area contributed by atoms with Crippen LogP contribution in [-0.2, 0) is 0 Å². The first kappa shape index (κ1) is 14.6. The summed E-state index contributed by atoms with van der Waals surface area (Å²) in [7, 11) is 0. The first-order valence-corrected chi connectivity index (χ1v) is 6.68. The predicted octanol–water partition coefficient (Wildman–Crippen LogP) is 1.59. The molecule has 17 heavy (non-hydrogen) atoms. The fraction of sp³-hybridized carbons (Fsp3) is 0.583. The van der Waals surface area contributed by atoms with Crippen LogP contribution in [0.2, 0.25) is 0 Å². The molecule has 1 aromatic heterocycles. The van der Waals surface area contributed by atoms with Crippen molar-refractivity contribution >= 4 is 15.9 Å². The second-order valence-corrected chi connectivity index (χ2v) is 4.92. The van der Waals surface area contributed by atoms with Crippen molar-refractivity contribution in [2.75, 3.05) is 13.2 Å². The lowest BCUT2D eigenvalue weighted by Crippen LogP contribution is -2.37. The van der Waals surface area contributed by atoms with Gasteiger partial charge in [0.2, 0.25) is 0 Å². The molecule has 0 amide bonds. The van der Waals surface area contributed by atoms with Crippen LogP contribution >= 0.6 is 15.9 Å². The van der Waals surface area contributed by atoms with Gasteiger partial charge in [-0.25, -0.2) is 0 Å². The SMILES string of the molecule is CCC(CCO)NC(CN)c1cncc(Br)c1. The average molecular weight is 302 g/mol. The van der Waals surface area contributed by atoms with E-state index >= 15 is 0 Å². The highest BCUT2D eigenvalue weighted by Crippen LogP contribution is 2.17. The zero-order valence-electron chi connectivity index (χ0n) is 10.1. The molecule has 96 valence electrons. The lowest BCUT2D eigenvalue weighted by atomic mass is 10.1. The van der Waals surface area contributed by atoms with Crippen molar-refractivity contribution in [1.29, 1.82) is 0 Å². The Morgan fingerprint density at radius 2 is 2.29 bits per heavy atom. The number of nitrogens with one attached hydrogen (secondary N) is 1. The molecule has 0 spiro atoms. The molecule has 2 atom stereocenters. The largest absolute Gasteiger partial charge is 0.396 e. The van der Waals surface area contributed by atoms with E-state index in [-0.39, 0.29) is 18.7 Å². The number of aromatic nitrogens is 1. The molecule has 1 aromatic rings. The van der Waals surface area contributed by atoms with E-state index in [0.29, 0.717) is 6.54 Å². The highest BCUT2D eigenvalue weighted by atomic mass is 79.9. The lowest BCUT2D eigenvalue weighted by Gasteiger charge is -2.23. The molecule has 0 fully saturated rings. The van der Waals surface area contributed by atoms with Crippen LogP contribution in [0.15, 0.2) is 22.9 Å². The van der Waals surface area contributed by atoms with Crippen LogP contribution in [0.3, 0.4) is 0 Å². The third-order valence-corrected chi connectivity index (χ3v) is 3.21. The van der Waals surface area contributed by atoms with E-state index in [4.69, 9.17) is 10.8 Å². The molecule has 0 aliphatic heterocycles. The van der Waals surface area contributed by atoms with Crippen LogP contribution in [0.5, 0.6) is 0 Å². The summed E-state index contributed by atoms with van der Waals surface area (Å²) in [5.41, 5.74) is 6.85. The molecular formula is C12H20BrN3O. The standard InChI is InChI=1S/C12H20BrN3O/c1-2-11(3-4-17)16-12(6-14)9-5-10(13)8-15-7-9/h5,7-8,11-12,16-17H,2-4,6,14H2,1H3. The van der Waals surface area contributed by atoms with Gasteiger partial charge in [-0.05, 0) is 40.4 Å². The Balaban J connectivity index is 2.70. The second-order valence-electron chi connectivity index (χ2n) is 4.01. The van der Waals surface area contributed by atoms with Gasteiger partial charge in [-0.3, -0.25) is 4.98 Å². The third kappa shape index (κ3) is 4.71. The van der Waals surface area contributed by atoms with Gasteiger partial charge >= 0.3 is 0 Å². The fourth-order valence-corrected chi connectivity index (χ4v) is 2.15. The Labute approximate surface area is 111 Å². The highest BCUT2D eigenvalue weighted by molar-refractivity contribution is 9.10. The van der Waals surface area contributed by atoms with E-state index in [2.05, 4.69) is 33.2 Å². The number of hydrogen-bond acceptors (Lipinski definition) is 4. The first-order valence-electron chi connectivity index (χ1n) is 5.88. The van der Waals surface area contributed by atoms with E-state index in [9.17, 15) is 0 Å². The molecule has 5 heteroatoms. The molecule has 4 N–H and O–H groups in total. The van der Waals surface area contributed by atoms with Gasteiger partial charge in [-0.15, -0.1) is 0 Å². The lowest BCUT2D eigenvalue weighted by molar-refractivity contribution is 0.255. The maximum Gasteiger partial charge on any atom is 0.0462 e. The predicted molar refractivity (Wildman–Crippen MR) is 72.6 cm³/mol. The summed E-state index contributed by atoms with van der Waals surface area (Å²) in [5.74, 6) is 0. The van der Waals surface area contributed by atoms with Crippen molar-refractivity contribution in [3.8, 4) is 0 Å². The maximum atomic E-state index is 8.98. The van der Waals surface area contributed by atoms with Crippen molar-refractivity contribution in [1.82, 2.24) is 10.3 Å². The van der Waals surface area contributed by atoms with Gasteiger partial charge in [-0.2, -0.15) is 0 Å². The van der Waals surface area contributed by atoms with Gasteiger partial charge in [0.15, 0.2) is 0 Å². The minimum absolute atomic E-state index is 0.0801. The van der Waals surface area contributed by atoms with E-state index in [0.717, 1.165) is 22.9 Å². The van der Waals surface area contributed by atoms with Gasteiger partial charge in [-0.1, -0.05) is 6.92 Å². The van der Waals surface area contributed by atoms with Crippen molar-refractivity contribution < 1.29 is 5.11 Å². The molecule has 2 unspecified atom stereocenters. The Morgan fingerprint density at radius 1 is 1.53 bits per heavy atom. The topological polar surface area (TPSA) is 71.2 Å². The van der Waals surface area contributed by atoms with Crippen molar-refractivity contribution in [2.45, 2.75) is 31.8 Å². The van der Waals surface area contributed by atoms with Crippen molar-refractivity contribution in [2.24, 2.45) is 5.73 Å². The first-order chi connectivity index (χ1) is 8.21. The molecule has 0 saturated heterocycles. The average Bonchev–Trinajstić information content (AvgIpc) is 2.34. The molecule has 0 aliphatic rings. The van der Waals surface area contributed by atoms with Gasteiger partial charge < -0.3 is 16.2 Å². The van der Waals surface area contributed by atoms with Crippen molar-refractivity contribution in [3.63, 3.8) is 0 Å². The monoisotopic (exact) mass is 301 g/mol. The van der Waals surface area contributed by atoms with Crippen LogP contribution in [0.25, 0.3) is 0 Å². The minimum Gasteiger partial charge on any atom is -0.396 e. The fourth-order valence-electron chi connectivity index (χ4n) is 1.76. The minimum atomic E-state index is 0.0801. The smallest absolute Gasteiger partial charge is 0.0462 e. The third-order valence-electron chi connectivity index (χ3n) is 2.77. The zero-order valence-corrected chi connectivity index (χ0v) is 11.7. The summed E-state index contributed by atoms with van der Waals surface area (Å²) < 4.78 is 0.949. The molecule has 4 nitrogen and oxygen atoms in total. The summed E-state index contributed by atoms with van der Waals surface area (Å²) >= 11 is 3.40. The molecule has 0 saturated carbocycles. The number of rotatable bonds is 7. The highest BCUT2D eigenvalue weighted by Gasteiger charge is 2.14. The Kier molecular flexibility index (Phi) is 6.65. The van der Waals surface area contributed by atoms with Crippen LogP contribution in [0.1, 0.15) is 31.4 Å². The van der Waals surface area contributed by atoms with Gasteiger partial charge in [0.25, 0.3) is 0 Å². The number of halogens is 1. The zero-order chi connectivity index (χ0) is 12.7. The van der Waals surface area contributed by atoms with E-state index in [1.165, 1.54) is 0 Å². The summed E-state index contributed by atoms with van der Waals surface area (Å²) in [6, 6.07) is 2.38. The van der Waals surface area contributed by atoms with E-state index in [1.54, 1.807) is 6.20 Å². The summed E-state index contributed by atoms with van der Waals surface area (Å²) in [6.07, 6.45) is 5.29. The molecule has 0 aromatic carbocycles. The number of nitrogens with zero attached hydrogens (tertiary/aromatic N) is 1. The number of nitrogens with two attached hydrogens (primary N) is 1. The molecule has 0 bridgehead atoms. The van der Waals surface area contributed by atoms with Crippen LogP contribution in [0.4, 0.5) is 0 Å². The quantitative estimate of drug-likeness (QED) is 0.715. The molecule has 0 aliphatic carbocycles. The Hall–Kier alpha value is -0.490. The van der Waals surface area contributed by atoms with Crippen LogP contribution < -0.4 is 11.1 Å². The molecule has 1 heterocycles. The number of hydrogen-bond donors (Lipinski definition) is 3. The normalized spacial score (nSPS) is 14.6. The maximum absolute atomic E-state index is 8.98. The Bertz CT molecular complexity index is 335. The summed E-state index contributed by atoms with van der Waals surface area (Å²) in [5, 5.41) is 12.4. The second kappa shape index (κ2) is 7.76.